The summed E-state index contributed by atoms with van der Waals surface area (Å²) in [7, 11) is 0. The third kappa shape index (κ3) is 3.45. The van der Waals surface area contributed by atoms with E-state index in [2.05, 4.69) is 91.9 Å². The molecule has 38 heavy (non-hydrogen) atoms. The minimum absolute atomic E-state index is 0.00564. The second-order valence-electron chi connectivity index (χ2n) is 10.2. The van der Waals surface area contributed by atoms with Gasteiger partial charge in [-0.1, -0.05) is 0 Å². The molecule has 3 heteroatoms. The third-order valence-electron chi connectivity index (χ3n) is 8.14. The van der Waals surface area contributed by atoms with E-state index in [1.165, 1.54) is 0 Å². The molecule has 0 aromatic heterocycles. The van der Waals surface area contributed by atoms with Gasteiger partial charge in [0, 0.05) is 0 Å². The fourth-order valence-corrected chi connectivity index (χ4v) is 13.1. The molecule has 1 aliphatic heterocycles. The summed E-state index contributed by atoms with van der Waals surface area (Å²) in [6.45, 7) is -1.45. The van der Waals surface area contributed by atoms with E-state index in [9.17, 15) is 4.79 Å². The molecule has 0 unspecified atom stereocenters. The van der Waals surface area contributed by atoms with Crippen LogP contribution in [0.3, 0.4) is 0 Å². The van der Waals surface area contributed by atoms with Crippen LogP contribution >= 0.6 is 6.83 Å². The summed E-state index contributed by atoms with van der Waals surface area (Å²) in [5.41, 5.74) is 0.397. The van der Waals surface area contributed by atoms with Crippen molar-refractivity contribution < 1.29 is 9.32 Å². The van der Waals surface area contributed by atoms with Crippen LogP contribution in [-0.4, -0.2) is 11.9 Å². The molecule has 2 nitrogen and oxygen atoms in total. The molecule has 1 fully saturated rings. The van der Waals surface area contributed by atoms with Crippen LogP contribution in [0, 0.1) is 5.92 Å². The molecule has 0 radical (unpaired) electrons. The van der Waals surface area contributed by atoms with Crippen molar-refractivity contribution in [2.24, 2.45) is 5.92 Å². The zero-order chi connectivity index (χ0) is 26.1. The van der Waals surface area contributed by atoms with Crippen molar-refractivity contribution in [3.05, 3.63) is 163 Å². The zero-order valence-corrected chi connectivity index (χ0v) is 22.4. The normalized spacial score (nSPS) is 22.7. The summed E-state index contributed by atoms with van der Waals surface area (Å²) in [5, 5.41) is 3.42. The molecule has 0 amide bonds. The molecule has 5 aromatic carbocycles. The number of Topliss-reactive ketones (excluding diaryl/α,β-unsaturated/α-hetero) is 1. The van der Waals surface area contributed by atoms with Crippen molar-refractivity contribution in [3.63, 3.8) is 0 Å². The quantitative estimate of drug-likeness (QED) is 0.182. The van der Waals surface area contributed by atoms with Crippen molar-refractivity contribution in [1.29, 1.82) is 0 Å². The van der Waals surface area contributed by atoms with Crippen LogP contribution in [0.4, 0.5) is 0 Å². The van der Waals surface area contributed by atoms with E-state index in [0.717, 1.165) is 27.6 Å². The fraction of sp³-hybridized carbons (Fsp3) is 0.114. The maximum atomic E-state index is 14.8. The summed E-state index contributed by atoms with van der Waals surface area (Å²) < 4.78 is 7.88. The number of rotatable bonds is 6. The number of hydrogen-bond donors (Lipinski definition) is 0. The molecule has 5 aromatic rings. The Morgan fingerprint density at radius 1 is 0.605 bits per heavy atom. The van der Waals surface area contributed by atoms with Gasteiger partial charge in [0.2, 0.25) is 0 Å². The average molecular weight is 515 g/mol. The van der Waals surface area contributed by atoms with Crippen molar-refractivity contribution in [2.45, 2.75) is 12.5 Å². The molecule has 0 saturated carbocycles. The number of carbonyl (C=O) groups excluding carboxylic acids is 1. The number of benzene rings is 5. The topological polar surface area (TPSA) is 26.3 Å². The molecule has 0 N–H and O–H groups in total. The van der Waals surface area contributed by atoms with Crippen LogP contribution in [-0.2, 0) is 10.1 Å². The van der Waals surface area contributed by atoms with Gasteiger partial charge >= 0.3 is 225 Å². The molecular formula is C35H31O2P. The molecule has 1 saturated heterocycles. The molecule has 188 valence electrons. The van der Waals surface area contributed by atoms with Gasteiger partial charge in [-0.2, -0.15) is 0 Å². The van der Waals surface area contributed by atoms with Crippen molar-refractivity contribution in [3.8, 4) is 0 Å². The molecule has 0 spiro atoms. The minimum atomic E-state index is -3.64. The van der Waals surface area contributed by atoms with E-state index in [1.54, 1.807) is 0 Å². The Hall–Kier alpha value is -3.84. The van der Waals surface area contributed by atoms with E-state index in [0.29, 0.717) is 5.56 Å². The van der Waals surface area contributed by atoms with Gasteiger partial charge in [-0.05, 0) is 0 Å². The van der Waals surface area contributed by atoms with Crippen molar-refractivity contribution in [1.82, 2.24) is 0 Å². The predicted octanol–water partition coefficient (Wildman–Crippen LogP) is 6.88. The fourth-order valence-electron chi connectivity index (χ4n) is 6.47. The number of ketones is 1. The number of carbonyl (C=O) groups is 1. The molecule has 2 atom stereocenters. The predicted molar refractivity (Wildman–Crippen MR) is 159 cm³/mol. The first-order valence-corrected chi connectivity index (χ1v) is 15.5. The van der Waals surface area contributed by atoms with Gasteiger partial charge in [0.05, 0.1) is 0 Å². The van der Waals surface area contributed by atoms with Gasteiger partial charge in [-0.3, -0.25) is 0 Å². The van der Waals surface area contributed by atoms with E-state index < -0.39 is 12.4 Å². The van der Waals surface area contributed by atoms with E-state index in [-0.39, 0.29) is 11.7 Å². The van der Waals surface area contributed by atoms with Gasteiger partial charge in [0.25, 0.3) is 0 Å². The number of hydrogen-bond acceptors (Lipinski definition) is 2. The second-order valence-corrected chi connectivity index (χ2v) is 14.7. The van der Waals surface area contributed by atoms with Crippen LogP contribution in [0.5, 0.6) is 0 Å². The summed E-state index contributed by atoms with van der Waals surface area (Å²) in [4.78, 5) is 14.8. The maximum absolute atomic E-state index is 14.8. The van der Waals surface area contributed by atoms with E-state index in [4.69, 9.17) is 4.52 Å². The Morgan fingerprint density at radius 3 is 1.39 bits per heavy atom. The molecule has 6 rings (SSSR count). The first-order chi connectivity index (χ1) is 18.6. The van der Waals surface area contributed by atoms with Gasteiger partial charge in [0.1, 0.15) is 0 Å². The van der Waals surface area contributed by atoms with E-state index >= 15 is 0 Å². The summed E-state index contributed by atoms with van der Waals surface area (Å²) in [6.07, 6.45) is 0.719. The molecule has 1 heterocycles. The van der Waals surface area contributed by atoms with Crippen LogP contribution in [0.1, 0.15) is 22.8 Å². The Labute approximate surface area is 225 Å². The van der Waals surface area contributed by atoms with Crippen molar-refractivity contribution >= 4 is 28.5 Å². The summed E-state index contributed by atoms with van der Waals surface area (Å²) in [6, 6.07) is 51.6. The summed E-state index contributed by atoms with van der Waals surface area (Å²) >= 11 is 0. The molecule has 1 aliphatic rings. The van der Waals surface area contributed by atoms with Crippen LogP contribution in [0.15, 0.2) is 152 Å². The standard InChI is InChI=1S/C35H31O2P/c1-28-27-38(31-21-11-4-12-22-31,32-23-13-5-14-24-32,33-25-15-6-16-26-33)37-35(28,30-19-9-3-10-20-30)34(36)29-17-7-2-8-18-29/h2-26,28H,27H2,1H3/t28-,35-/m1/s1. The van der Waals surface area contributed by atoms with Gasteiger partial charge in [-0.15, -0.1) is 0 Å². The third-order valence-corrected chi connectivity index (χ3v) is 14.3. The molecular weight excluding hydrogens is 483 g/mol. The van der Waals surface area contributed by atoms with Crippen LogP contribution in [0.2, 0.25) is 0 Å². The van der Waals surface area contributed by atoms with Gasteiger partial charge in [-0.25, -0.2) is 0 Å². The molecule has 0 bridgehead atoms. The second kappa shape index (κ2) is 9.48. The Morgan fingerprint density at radius 2 is 0.974 bits per heavy atom. The van der Waals surface area contributed by atoms with E-state index in [1.807, 2.05) is 66.7 Å². The van der Waals surface area contributed by atoms with Crippen molar-refractivity contribution in [2.75, 3.05) is 6.16 Å². The van der Waals surface area contributed by atoms with Crippen LogP contribution < -0.4 is 15.9 Å². The summed E-state index contributed by atoms with van der Waals surface area (Å²) in [5.74, 6) is -0.0954. The Kier molecular flexibility index (Phi) is 6.11. The Balaban J connectivity index is 1.75. The zero-order valence-electron chi connectivity index (χ0n) is 21.5. The average Bonchev–Trinajstić information content (AvgIpc) is 3.31. The van der Waals surface area contributed by atoms with Crippen LogP contribution in [0.25, 0.3) is 0 Å². The monoisotopic (exact) mass is 514 g/mol. The first kappa shape index (κ1) is 24.5. The van der Waals surface area contributed by atoms with Gasteiger partial charge < -0.3 is 0 Å². The first-order valence-electron chi connectivity index (χ1n) is 13.2. The SMILES string of the molecule is C[C@@H]1CP(c2ccccc2)(c2ccccc2)(c2ccccc2)O[C@@]1(C(=O)c1ccccc1)c1ccccc1. The van der Waals surface area contributed by atoms with Gasteiger partial charge in [0.15, 0.2) is 0 Å². The molecule has 0 aliphatic carbocycles. The Bertz CT molecular complexity index is 1440.